The first-order valence-corrected chi connectivity index (χ1v) is 7.46. The van der Waals surface area contributed by atoms with Gasteiger partial charge >= 0.3 is 0 Å². The molecule has 3 nitrogen and oxygen atoms in total. The topological polar surface area (TPSA) is 29.9 Å². The Hall–Kier alpha value is -1.68. The molecule has 0 aliphatic rings. The molecule has 1 aromatic heterocycles. The van der Waals surface area contributed by atoms with Crippen LogP contribution in [0.2, 0.25) is 0 Å². The molecule has 21 heavy (non-hydrogen) atoms. The van der Waals surface area contributed by atoms with Gasteiger partial charge in [-0.2, -0.15) is 5.10 Å². The Labute approximate surface area is 126 Å². The fourth-order valence-corrected chi connectivity index (χ4v) is 2.22. The predicted molar refractivity (Wildman–Crippen MR) is 84.7 cm³/mol. The molecule has 0 unspecified atom stereocenters. The minimum absolute atomic E-state index is 0.190. The molecule has 0 fully saturated rings. The molecular formula is C17H24FN3. The molecule has 0 bridgehead atoms. The Morgan fingerprint density at radius 3 is 2.43 bits per heavy atom. The summed E-state index contributed by atoms with van der Waals surface area (Å²) in [5.41, 5.74) is 3.30. The average molecular weight is 289 g/mol. The highest BCUT2D eigenvalue weighted by atomic mass is 19.1. The molecule has 2 aromatic rings. The molecule has 0 saturated carbocycles. The third-order valence-corrected chi connectivity index (χ3v) is 3.48. The number of nitrogens with zero attached hydrogens (tertiary/aromatic N) is 2. The van der Waals surface area contributed by atoms with Gasteiger partial charge in [0.25, 0.3) is 0 Å². The molecule has 1 heterocycles. The average Bonchev–Trinajstić information content (AvgIpc) is 2.79. The van der Waals surface area contributed by atoms with Crippen LogP contribution < -0.4 is 5.32 Å². The lowest BCUT2D eigenvalue weighted by atomic mass is 10.0. The van der Waals surface area contributed by atoms with Crippen LogP contribution in [0.5, 0.6) is 0 Å². The van der Waals surface area contributed by atoms with Gasteiger partial charge in [-0.25, -0.2) is 4.39 Å². The number of halogens is 1. The highest BCUT2D eigenvalue weighted by Gasteiger charge is 2.13. The minimum atomic E-state index is -0.190. The van der Waals surface area contributed by atoms with E-state index in [1.165, 1.54) is 0 Å². The number of hydrogen-bond acceptors (Lipinski definition) is 2. The zero-order valence-corrected chi connectivity index (χ0v) is 13.4. The van der Waals surface area contributed by atoms with E-state index in [4.69, 9.17) is 0 Å². The highest BCUT2D eigenvalue weighted by Crippen LogP contribution is 2.27. The first kappa shape index (κ1) is 15.7. The van der Waals surface area contributed by atoms with Gasteiger partial charge in [-0.3, -0.25) is 4.68 Å². The summed E-state index contributed by atoms with van der Waals surface area (Å²) in [5, 5.41) is 7.74. The first-order chi connectivity index (χ1) is 9.88. The lowest BCUT2D eigenvalue weighted by Gasteiger charge is -2.09. The van der Waals surface area contributed by atoms with Crippen molar-refractivity contribution in [3.05, 3.63) is 41.5 Å². The van der Waals surface area contributed by atoms with E-state index in [1.807, 2.05) is 29.9 Å². The van der Waals surface area contributed by atoms with Crippen molar-refractivity contribution < 1.29 is 4.39 Å². The van der Waals surface area contributed by atoms with Crippen LogP contribution in [0.1, 0.15) is 45.0 Å². The van der Waals surface area contributed by atoms with Crippen molar-refractivity contribution in [2.24, 2.45) is 0 Å². The van der Waals surface area contributed by atoms with E-state index in [1.54, 1.807) is 6.07 Å². The van der Waals surface area contributed by atoms with E-state index in [2.05, 4.69) is 38.1 Å². The van der Waals surface area contributed by atoms with Crippen LogP contribution >= 0.6 is 0 Å². The molecule has 0 amide bonds. The van der Waals surface area contributed by atoms with Crippen molar-refractivity contribution in [1.82, 2.24) is 15.1 Å². The molecular weight excluding hydrogens is 265 g/mol. The second-order valence-electron chi connectivity index (χ2n) is 6.05. The number of aryl methyl sites for hydroxylation is 1. The van der Waals surface area contributed by atoms with E-state index in [9.17, 15) is 4.39 Å². The van der Waals surface area contributed by atoms with E-state index >= 15 is 0 Å². The van der Waals surface area contributed by atoms with E-state index in [-0.39, 0.29) is 11.9 Å². The Bertz CT molecular complexity index is 614. The Kier molecular flexibility index (Phi) is 4.78. The Balaban J connectivity index is 2.28. The molecule has 0 atom stereocenters. The maximum atomic E-state index is 14.4. The number of nitrogens with one attached hydrogen (secondary N) is 1. The van der Waals surface area contributed by atoms with Crippen molar-refractivity contribution in [3.8, 4) is 11.1 Å². The van der Waals surface area contributed by atoms with Gasteiger partial charge in [0, 0.05) is 36.0 Å². The maximum Gasteiger partial charge on any atom is 0.131 e. The van der Waals surface area contributed by atoms with Crippen molar-refractivity contribution >= 4 is 0 Å². The number of rotatable bonds is 5. The van der Waals surface area contributed by atoms with Gasteiger partial charge < -0.3 is 5.32 Å². The zero-order chi connectivity index (χ0) is 15.6. The summed E-state index contributed by atoms with van der Waals surface area (Å²) < 4.78 is 16.3. The van der Waals surface area contributed by atoms with Crippen molar-refractivity contribution in [1.29, 1.82) is 0 Å². The zero-order valence-electron chi connectivity index (χ0n) is 13.4. The number of benzene rings is 1. The molecule has 0 saturated heterocycles. The SMILES string of the molecule is Cc1nn(C(C)C)cc1-c1ccc(CNC(C)C)cc1F. The molecule has 0 spiro atoms. The second kappa shape index (κ2) is 6.39. The summed E-state index contributed by atoms with van der Waals surface area (Å²) in [6, 6.07) is 6.09. The second-order valence-corrected chi connectivity index (χ2v) is 6.05. The fraction of sp³-hybridized carbons (Fsp3) is 0.471. The third kappa shape index (κ3) is 3.70. The molecule has 2 rings (SSSR count). The van der Waals surface area contributed by atoms with Gasteiger partial charge in [-0.1, -0.05) is 26.0 Å². The third-order valence-electron chi connectivity index (χ3n) is 3.48. The summed E-state index contributed by atoms with van der Waals surface area (Å²) in [6.07, 6.45) is 1.92. The van der Waals surface area contributed by atoms with E-state index < -0.39 is 0 Å². The van der Waals surface area contributed by atoms with Crippen LogP contribution in [0.4, 0.5) is 4.39 Å². The first-order valence-electron chi connectivity index (χ1n) is 7.46. The lowest BCUT2D eigenvalue weighted by molar-refractivity contribution is 0.529. The van der Waals surface area contributed by atoms with Crippen LogP contribution in [-0.4, -0.2) is 15.8 Å². The van der Waals surface area contributed by atoms with Crippen LogP contribution in [0, 0.1) is 12.7 Å². The smallest absolute Gasteiger partial charge is 0.131 e. The van der Waals surface area contributed by atoms with E-state index in [0.29, 0.717) is 18.2 Å². The summed E-state index contributed by atoms with van der Waals surface area (Å²) in [5.74, 6) is -0.190. The number of aromatic nitrogens is 2. The Morgan fingerprint density at radius 2 is 1.90 bits per heavy atom. The molecule has 1 N–H and O–H groups in total. The molecule has 4 heteroatoms. The monoisotopic (exact) mass is 289 g/mol. The van der Waals surface area contributed by atoms with Crippen LogP contribution in [-0.2, 0) is 6.54 Å². The summed E-state index contributed by atoms with van der Waals surface area (Å²) >= 11 is 0. The van der Waals surface area contributed by atoms with Gasteiger partial charge in [0.2, 0.25) is 0 Å². The van der Waals surface area contributed by atoms with Crippen molar-refractivity contribution in [3.63, 3.8) is 0 Å². The van der Waals surface area contributed by atoms with Gasteiger partial charge in [-0.15, -0.1) is 0 Å². The summed E-state index contributed by atoms with van der Waals surface area (Å²) in [4.78, 5) is 0. The van der Waals surface area contributed by atoms with Gasteiger partial charge in [-0.05, 0) is 32.4 Å². The standard InChI is InChI=1S/C17H24FN3/c1-11(2)19-9-14-6-7-15(17(18)8-14)16-10-21(12(3)4)20-13(16)5/h6-8,10-12,19H,9H2,1-5H3. The largest absolute Gasteiger partial charge is 0.310 e. The van der Waals surface area contributed by atoms with E-state index in [0.717, 1.165) is 16.8 Å². The highest BCUT2D eigenvalue weighted by molar-refractivity contribution is 5.66. The van der Waals surface area contributed by atoms with Crippen LogP contribution in [0.15, 0.2) is 24.4 Å². The summed E-state index contributed by atoms with van der Waals surface area (Å²) in [6.45, 7) is 10.9. The maximum absolute atomic E-state index is 14.4. The summed E-state index contributed by atoms with van der Waals surface area (Å²) in [7, 11) is 0. The van der Waals surface area contributed by atoms with Crippen LogP contribution in [0.25, 0.3) is 11.1 Å². The lowest BCUT2D eigenvalue weighted by Crippen LogP contribution is -2.21. The molecule has 0 radical (unpaired) electrons. The van der Waals surface area contributed by atoms with Gasteiger partial charge in [0.1, 0.15) is 5.82 Å². The molecule has 1 aromatic carbocycles. The normalized spacial score (nSPS) is 11.6. The van der Waals surface area contributed by atoms with Gasteiger partial charge in [0.05, 0.1) is 5.69 Å². The Morgan fingerprint density at radius 1 is 1.19 bits per heavy atom. The predicted octanol–water partition coefficient (Wildman–Crippen LogP) is 4.08. The molecule has 0 aliphatic carbocycles. The fourth-order valence-electron chi connectivity index (χ4n) is 2.22. The molecule has 114 valence electrons. The number of hydrogen-bond donors (Lipinski definition) is 1. The molecule has 0 aliphatic heterocycles. The quantitative estimate of drug-likeness (QED) is 0.899. The van der Waals surface area contributed by atoms with Crippen molar-refractivity contribution in [2.45, 2.75) is 53.2 Å². The van der Waals surface area contributed by atoms with Crippen LogP contribution in [0.3, 0.4) is 0 Å². The van der Waals surface area contributed by atoms with Gasteiger partial charge in [0.15, 0.2) is 0 Å². The van der Waals surface area contributed by atoms with Crippen molar-refractivity contribution in [2.75, 3.05) is 0 Å². The minimum Gasteiger partial charge on any atom is -0.310 e.